The van der Waals surface area contributed by atoms with E-state index in [2.05, 4.69) is 124 Å². The van der Waals surface area contributed by atoms with Crippen molar-refractivity contribution in [3.05, 3.63) is 373 Å². The standard InChI is InChI=1S/C28H17FN2S2.C24H17FN.C20H13N2.C19H14NO2.C5H8O2.2Ir.Pt/c1-28(29,26-14-6-10-20(30-26)24-16-18-8-2-4-12-22(18)32-24)27-15-7-11-21(31-27)25-17-19-9-3-5-13-23(19)33-25;1-24(2)19-12-6-10-16-18(15-8-4-3-5-9-15)14-26-23(21(16)19)17-11-7-13-20(25)22(17)24;1-2-9-18-15(6-1)11-13-22-20(18)17-8-5-7-16(14-17)19-10-3-4-12-21-19;1-13-7-9-14(10-8-13)16-11-17(15-5-3-2-4-6-15)20-18(12-16)19(21)22;1-4(6)3-5(2)7;;;/h2-15H,1H3;3-10,12-14H,1-2H3;1-13H;2-5,7-12H,1H3,(H,21,22);3,6H,1-2H3;;;/q-2;3*-1;;;;+2. The molecule has 2 radical (unpaired) electrons. The van der Waals surface area contributed by atoms with Crippen LogP contribution in [0, 0.1) is 43.1 Å². The van der Waals surface area contributed by atoms with Gasteiger partial charge in [-0.05, 0) is 138 Å². The van der Waals surface area contributed by atoms with Crippen molar-refractivity contribution >= 4 is 76.1 Å². The summed E-state index contributed by atoms with van der Waals surface area (Å²) in [5, 5.41) is 24.3. The van der Waals surface area contributed by atoms with Gasteiger partial charge in [-0.15, -0.1) is 131 Å². The Kier molecular flexibility index (Phi) is 27.1. The summed E-state index contributed by atoms with van der Waals surface area (Å²) < 4.78 is 33.2. The number of carboxylic acids is 1. The first kappa shape index (κ1) is 82.8. The van der Waals surface area contributed by atoms with Crippen LogP contribution in [0.25, 0.3) is 130 Å². The molecule has 18 rings (SSSR count). The van der Waals surface area contributed by atoms with Crippen LogP contribution in [0.1, 0.15) is 73.2 Å². The number of nitrogens with zero attached hydrogens (tertiary/aromatic N) is 6. The minimum atomic E-state index is -1.85. The number of carbonyl (C=O) groups excluding carboxylic acids is 1. The number of rotatable bonds is 11. The van der Waals surface area contributed by atoms with Crippen LogP contribution in [0.3, 0.4) is 0 Å². The van der Waals surface area contributed by atoms with E-state index in [1.807, 2.05) is 201 Å². The van der Waals surface area contributed by atoms with Gasteiger partial charge in [-0.25, -0.2) is 36.2 Å². The molecule has 10 nitrogen and oxygen atoms in total. The molecule has 0 fully saturated rings. The molecule has 9 aromatic carbocycles. The van der Waals surface area contributed by atoms with E-state index in [1.165, 1.54) is 38.3 Å². The smallest absolute Gasteiger partial charge is 0.512 e. The molecular weight excluding hydrogens is 1980 g/mol. The van der Waals surface area contributed by atoms with Gasteiger partial charge in [-0.2, -0.15) is 0 Å². The van der Waals surface area contributed by atoms with Crippen molar-refractivity contribution in [2.24, 2.45) is 0 Å². The van der Waals surface area contributed by atoms with Gasteiger partial charge in [0, 0.05) is 99.0 Å². The molecule has 0 atom stereocenters. The van der Waals surface area contributed by atoms with E-state index < -0.39 is 17.1 Å². The third kappa shape index (κ3) is 18.8. The Balaban J connectivity index is 0.000000145. The quantitative estimate of drug-likeness (QED) is 0.0727. The van der Waals surface area contributed by atoms with E-state index >= 15 is 4.39 Å². The maximum Gasteiger partial charge on any atom is 2.00 e. The van der Waals surface area contributed by atoms with Crippen LogP contribution in [0.15, 0.2) is 303 Å². The Morgan fingerprint density at radius 2 is 1.11 bits per heavy atom. The van der Waals surface area contributed by atoms with E-state index in [4.69, 9.17) is 10.1 Å². The van der Waals surface area contributed by atoms with E-state index in [1.54, 1.807) is 59.2 Å². The van der Waals surface area contributed by atoms with Gasteiger partial charge in [0.05, 0.1) is 17.1 Å². The van der Waals surface area contributed by atoms with Gasteiger partial charge < -0.3 is 15.2 Å². The largest absolute Gasteiger partial charge is 2.00 e. The molecule has 1 aliphatic carbocycles. The van der Waals surface area contributed by atoms with Gasteiger partial charge in [0.2, 0.25) is 0 Å². The summed E-state index contributed by atoms with van der Waals surface area (Å²) in [5.41, 5.74) is 13.6. The van der Waals surface area contributed by atoms with Gasteiger partial charge in [0.15, 0.2) is 11.5 Å². The molecule has 1 aliphatic rings. The number of carbonyl (C=O) groups is 2. The first-order valence-corrected chi connectivity index (χ1v) is 37.1. The Morgan fingerprint density at radius 1 is 0.513 bits per heavy atom. The number of pyridine rings is 6. The summed E-state index contributed by atoms with van der Waals surface area (Å²) in [6, 6.07) is 104. The summed E-state index contributed by atoms with van der Waals surface area (Å²) in [4.78, 5) is 50.5. The second-order valence-corrected chi connectivity index (χ2v) is 28.9. The normalized spacial score (nSPS) is 11.6. The molecular formula is C96H69F2Ir2N6O4PtS2-3. The molecule has 0 saturated carbocycles. The van der Waals surface area contributed by atoms with E-state index in [0.717, 1.165) is 119 Å². The Morgan fingerprint density at radius 3 is 1.73 bits per heavy atom. The minimum Gasteiger partial charge on any atom is -0.512 e. The van der Waals surface area contributed by atoms with Gasteiger partial charge in [0.25, 0.3) is 0 Å². The van der Waals surface area contributed by atoms with Crippen molar-refractivity contribution in [3.63, 3.8) is 0 Å². The van der Waals surface area contributed by atoms with Gasteiger partial charge in [-0.3, -0.25) is 29.7 Å². The molecule has 0 unspecified atom stereocenters. The summed E-state index contributed by atoms with van der Waals surface area (Å²) >= 11 is 3.22. The zero-order chi connectivity index (χ0) is 76.5. The Hall–Kier alpha value is -11.2. The SMILES string of the molecule is CC(=O)C=C(C)O.CC(F)(c1cccc(-c2[c-]c3ccccc3s2)n1)c1cccc(-c2[c-]c3ccccc3s2)n1.CC1(C)c2c([c-]ccc2F)-c2ncc(-c3ccccc3)c3cccc1c23.Cc1ccc(-c2cc(C(=O)O)nc(-c3[c-]cccc3)c2)cc1.[Ir].[Ir].[Pt+2].[c-]1c(-c2ccccn2)cccc1-c1nccc2ccccc12. The molecule has 17 heteroatoms. The van der Waals surface area contributed by atoms with Crippen molar-refractivity contribution in [1.29, 1.82) is 0 Å². The number of aromatic carboxylic acids is 1. The van der Waals surface area contributed by atoms with E-state index in [9.17, 15) is 19.1 Å². The fraction of sp³-hybridized carbons (Fsp3) is 0.0833. The number of aromatic nitrogens is 6. The zero-order valence-corrected chi connectivity index (χ0v) is 70.4. The number of hydrogen-bond acceptors (Lipinski definition) is 11. The predicted molar refractivity (Wildman–Crippen MR) is 441 cm³/mol. The van der Waals surface area contributed by atoms with Crippen molar-refractivity contribution in [2.45, 2.75) is 52.6 Å². The molecule has 17 aromatic rings. The van der Waals surface area contributed by atoms with Crippen LogP contribution in [-0.4, -0.2) is 51.9 Å². The Bertz CT molecular complexity index is 6070. The van der Waals surface area contributed by atoms with Crippen LogP contribution >= 0.6 is 22.7 Å². The predicted octanol–water partition coefficient (Wildman–Crippen LogP) is 24.2. The molecule has 0 bridgehead atoms. The molecule has 564 valence electrons. The van der Waals surface area contributed by atoms with Crippen LogP contribution < -0.4 is 0 Å². The van der Waals surface area contributed by atoms with Gasteiger partial charge in [-0.1, -0.05) is 200 Å². The monoisotopic (exact) mass is 2050 g/mol. The van der Waals surface area contributed by atoms with Crippen molar-refractivity contribution < 1.29 is 89.9 Å². The van der Waals surface area contributed by atoms with Crippen LogP contribution in [0.4, 0.5) is 8.78 Å². The maximum atomic E-state index is 16.2. The summed E-state index contributed by atoms with van der Waals surface area (Å²) in [6.07, 6.45) is 6.71. The average Bonchev–Trinajstić information content (AvgIpc) is 1.26. The van der Waals surface area contributed by atoms with Crippen molar-refractivity contribution in [1.82, 2.24) is 29.9 Å². The van der Waals surface area contributed by atoms with Gasteiger partial charge in [0.1, 0.15) is 5.69 Å². The number of thiophene rings is 2. The summed E-state index contributed by atoms with van der Waals surface area (Å²) in [5.74, 6) is -1.29. The second-order valence-electron chi connectivity index (χ2n) is 26.8. The number of aryl methyl sites for hydroxylation is 1. The molecule has 8 heterocycles. The number of allylic oxidation sites excluding steroid dienone is 2. The number of aliphatic hydroxyl groups excluding tert-OH is 1. The van der Waals surface area contributed by atoms with Crippen LogP contribution in [0.5, 0.6) is 0 Å². The number of ketones is 1. The second kappa shape index (κ2) is 37.0. The average molecular weight is 2050 g/mol. The number of aliphatic hydroxyl groups is 1. The number of fused-ring (bicyclic) bond motifs is 5. The number of benzene rings is 9. The topological polar surface area (TPSA) is 152 Å². The minimum absolute atomic E-state index is 0. The molecule has 8 aromatic heterocycles. The van der Waals surface area contributed by atoms with Crippen molar-refractivity contribution in [2.75, 3.05) is 0 Å². The third-order valence-electron chi connectivity index (χ3n) is 18.6. The third-order valence-corrected chi connectivity index (χ3v) is 20.8. The number of carboxylic acid groups (broad SMARTS) is 1. The first-order chi connectivity index (χ1) is 53.3. The molecule has 2 N–H and O–H groups in total. The number of alkyl halides is 1. The molecule has 113 heavy (non-hydrogen) atoms. The van der Waals surface area contributed by atoms with Crippen molar-refractivity contribution in [3.8, 4) is 88.4 Å². The van der Waals surface area contributed by atoms with Crippen LogP contribution in [0.2, 0.25) is 0 Å². The molecule has 0 aliphatic heterocycles. The van der Waals surface area contributed by atoms with E-state index in [0.29, 0.717) is 34.0 Å². The zero-order valence-electron chi connectivity index (χ0n) is 61.7. The molecule has 0 amide bonds. The number of hydrogen-bond donors (Lipinski definition) is 2. The van der Waals surface area contributed by atoms with Gasteiger partial charge >= 0.3 is 27.0 Å². The maximum absolute atomic E-state index is 16.2. The van der Waals surface area contributed by atoms with E-state index in [-0.39, 0.29) is 84.3 Å². The fourth-order valence-corrected chi connectivity index (χ4v) is 15.2. The summed E-state index contributed by atoms with van der Waals surface area (Å²) in [7, 11) is 0. The fourth-order valence-electron chi connectivity index (χ4n) is 13.3. The Labute approximate surface area is 704 Å². The molecule has 0 spiro atoms. The van der Waals surface area contributed by atoms with Crippen LogP contribution in [-0.2, 0) is 77.2 Å². The first-order valence-electron chi connectivity index (χ1n) is 35.4. The summed E-state index contributed by atoms with van der Waals surface area (Å²) in [6.45, 7) is 10.5. The molecule has 0 saturated heterocycles. The number of halogens is 2.